The van der Waals surface area contributed by atoms with Gasteiger partial charge in [0.15, 0.2) is 0 Å². The van der Waals surface area contributed by atoms with E-state index in [-0.39, 0.29) is 11.9 Å². The summed E-state index contributed by atoms with van der Waals surface area (Å²) in [4.78, 5) is 18.8. The van der Waals surface area contributed by atoms with Gasteiger partial charge >= 0.3 is 0 Å². The fourth-order valence-corrected chi connectivity index (χ4v) is 3.38. The van der Waals surface area contributed by atoms with E-state index in [2.05, 4.69) is 10.1 Å². The number of hydrogen-bond donors (Lipinski definition) is 0. The number of likely N-dealkylation sites (tertiary alicyclic amines) is 1. The van der Waals surface area contributed by atoms with E-state index in [0.717, 1.165) is 35.7 Å². The van der Waals surface area contributed by atoms with Crippen LogP contribution in [0.4, 0.5) is 0 Å². The molecule has 5 nitrogen and oxygen atoms in total. The molecule has 2 aromatic rings. The number of amides is 1. The minimum atomic E-state index is 0.168. The SMILES string of the molecule is Cc1nc(CC(=O)N2CCC[C@H]2c2cnn(C)c2)cs1. The van der Waals surface area contributed by atoms with E-state index in [0.29, 0.717) is 6.42 Å². The van der Waals surface area contributed by atoms with Crippen molar-refractivity contribution < 1.29 is 4.79 Å². The molecule has 0 unspecified atom stereocenters. The number of carbonyl (C=O) groups excluding carboxylic acids is 1. The molecule has 0 bridgehead atoms. The Labute approximate surface area is 122 Å². The van der Waals surface area contributed by atoms with Crippen molar-refractivity contribution in [1.29, 1.82) is 0 Å². The van der Waals surface area contributed by atoms with E-state index < -0.39 is 0 Å². The van der Waals surface area contributed by atoms with Crippen molar-refractivity contribution in [2.24, 2.45) is 7.05 Å². The zero-order chi connectivity index (χ0) is 14.1. The van der Waals surface area contributed by atoms with Gasteiger partial charge < -0.3 is 4.90 Å². The highest BCUT2D eigenvalue weighted by Crippen LogP contribution is 2.32. The van der Waals surface area contributed by atoms with Crippen LogP contribution in [0.3, 0.4) is 0 Å². The third kappa shape index (κ3) is 2.60. The summed E-state index contributed by atoms with van der Waals surface area (Å²) in [5.41, 5.74) is 2.02. The first-order valence-electron chi connectivity index (χ1n) is 6.82. The number of thiazole rings is 1. The molecule has 3 heterocycles. The second-order valence-corrected chi connectivity index (χ2v) is 6.29. The summed E-state index contributed by atoms with van der Waals surface area (Å²) in [7, 11) is 1.91. The van der Waals surface area contributed by atoms with Crippen molar-refractivity contribution in [2.75, 3.05) is 6.54 Å². The third-order valence-corrected chi connectivity index (χ3v) is 4.50. The highest BCUT2D eigenvalue weighted by atomic mass is 32.1. The maximum absolute atomic E-state index is 12.5. The molecule has 106 valence electrons. The summed E-state index contributed by atoms with van der Waals surface area (Å²) in [6, 6.07) is 0.177. The van der Waals surface area contributed by atoms with Crippen LogP contribution in [-0.2, 0) is 18.3 Å². The molecule has 1 aliphatic heterocycles. The largest absolute Gasteiger partial charge is 0.335 e. The van der Waals surface area contributed by atoms with Gasteiger partial charge in [0.05, 0.1) is 29.4 Å². The molecule has 2 aromatic heterocycles. The van der Waals surface area contributed by atoms with Crippen LogP contribution in [0.2, 0.25) is 0 Å². The molecule has 0 saturated carbocycles. The Bertz CT molecular complexity index is 618. The first kappa shape index (κ1) is 13.3. The number of hydrogen-bond acceptors (Lipinski definition) is 4. The monoisotopic (exact) mass is 290 g/mol. The van der Waals surface area contributed by atoms with E-state index in [1.165, 1.54) is 0 Å². The summed E-state index contributed by atoms with van der Waals surface area (Å²) < 4.78 is 1.79. The maximum Gasteiger partial charge on any atom is 0.229 e. The lowest BCUT2D eigenvalue weighted by Gasteiger charge is -2.23. The van der Waals surface area contributed by atoms with Gasteiger partial charge in [-0.1, -0.05) is 0 Å². The zero-order valence-electron chi connectivity index (χ0n) is 11.7. The lowest BCUT2D eigenvalue weighted by molar-refractivity contribution is -0.131. The van der Waals surface area contributed by atoms with Gasteiger partial charge in [0, 0.05) is 30.7 Å². The van der Waals surface area contributed by atoms with Crippen LogP contribution in [0.25, 0.3) is 0 Å². The van der Waals surface area contributed by atoms with Gasteiger partial charge in [-0.25, -0.2) is 4.98 Å². The highest BCUT2D eigenvalue weighted by Gasteiger charge is 2.30. The zero-order valence-corrected chi connectivity index (χ0v) is 12.6. The molecular formula is C14H18N4OS. The molecule has 0 radical (unpaired) electrons. The van der Waals surface area contributed by atoms with Crippen LogP contribution >= 0.6 is 11.3 Å². The predicted octanol–water partition coefficient (Wildman–Crippen LogP) is 2.09. The van der Waals surface area contributed by atoms with Gasteiger partial charge in [0.1, 0.15) is 0 Å². The summed E-state index contributed by atoms with van der Waals surface area (Å²) in [6.07, 6.45) is 6.35. The maximum atomic E-state index is 12.5. The van der Waals surface area contributed by atoms with E-state index in [4.69, 9.17) is 0 Å². The first-order valence-corrected chi connectivity index (χ1v) is 7.70. The van der Waals surface area contributed by atoms with E-state index >= 15 is 0 Å². The van der Waals surface area contributed by atoms with Crippen LogP contribution in [0.5, 0.6) is 0 Å². The Morgan fingerprint density at radius 2 is 2.40 bits per heavy atom. The number of carbonyl (C=O) groups is 1. The molecular weight excluding hydrogens is 272 g/mol. The second-order valence-electron chi connectivity index (χ2n) is 5.23. The van der Waals surface area contributed by atoms with Gasteiger partial charge in [0.2, 0.25) is 5.91 Å². The molecule has 1 aliphatic rings. The van der Waals surface area contributed by atoms with Crippen molar-refractivity contribution >= 4 is 17.2 Å². The molecule has 6 heteroatoms. The Balaban J connectivity index is 1.73. The number of aryl methyl sites for hydroxylation is 2. The molecule has 1 amide bonds. The Hall–Kier alpha value is -1.69. The molecule has 1 atom stereocenters. The van der Waals surface area contributed by atoms with Gasteiger partial charge in [-0.2, -0.15) is 5.10 Å². The van der Waals surface area contributed by atoms with Crippen LogP contribution in [0.1, 0.15) is 35.1 Å². The Morgan fingerprint density at radius 3 is 3.05 bits per heavy atom. The number of nitrogens with zero attached hydrogens (tertiary/aromatic N) is 4. The van der Waals surface area contributed by atoms with E-state index in [1.807, 2.05) is 36.6 Å². The quantitative estimate of drug-likeness (QED) is 0.869. The normalized spacial score (nSPS) is 18.7. The first-order chi connectivity index (χ1) is 9.63. The minimum Gasteiger partial charge on any atom is -0.335 e. The second kappa shape index (κ2) is 5.36. The van der Waals surface area contributed by atoms with Crippen molar-refractivity contribution in [3.63, 3.8) is 0 Å². The average Bonchev–Trinajstić information content (AvgIpc) is 3.09. The van der Waals surface area contributed by atoms with E-state index in [9.17, 15) is 4.79 Å². The fraction of sp³-hybridized carbons (Fsp3) is 0.500. The van der Waals surface area contributed by atoms with E-state index in [1.54, 1.807) is 16.0 Å². The summed E-state index contributed by atoms with van der Waals surface area (Å²) in [5, 5.41) is 7.20. The van der Waals surface area contributed by atoms with Crippen molar-refractivity contribution in [3.8, 4) is 0 Å². The van der Waals surface area contributed by atoms with Crippen molar-refractivity contribution in [3.05, 3.63) is 34.0 Å². The third-order valence-electron chi connectivity index (χ3n) is 3.68. The molecule has 0 aliphatic carbocycles. The molecule has 1 saturated heterocycles. The van der Waals surface area contributed by atoms with Crippen LogP contribution in [0, 0.1) is 6.92 Å². The lowest BCUT2D eigenvalue weighted by atomic mass is 10.1. The van der Waals surface area contributed by atoms with Gasteiger partial charge in [-0.3, -0.25) is 9.48 Å². The Kier molecular flexibility index (Phi) is 3.56. The topological polar surface area (TPSA) is 51.0 Å². The van der Waals surface area contributed by atoms with Crippen molar-refractivity contribution in [1.82, 2.24) is 19.7 Å². The van der Waals surface area contributed by atoms with Gasteiger partial charge in [-0.05, 0) is 19.8 Å². The van der Waals surface area contributed by atoms with Gasteiger partial charge in [0.25, 0.3) is 0 Å². The number of rotatable bonds is 3. The Morgan fingerprint density at radius 1 is 1.55 bits per heavy atom. The predicted molar refractivity (Wildman–Crippen MR) is 77.5 cm³/mol. The average molecular weight is 290 g/mol. The van der Waals surface area contributed by atoms with Crippen molar-refractivity contribution in [2.45, 2.75) is 32.2 Å². The molecule has 1 fully saturated rings. The minimum absolute atomic E-state index is 0.168. The molecule has 0 spiro atoms. The lowest BCUT2D eigenvalue weighted by Crippen LogP contribution is -2.31. The van der Waals surface area contributed by atoms with Crippen LogP contribution in [-0.4, -0.2) is 32.1 Å². The number of aromatic nitrogens is 3. The van der Waals surface area contributed by atoms with Gasteiger partial charge in [-0.15, -0.1) is 11.3 Å². The molecule has 20 heavy (non-hydrogen) atoms. The smallest absolute Gasteiger partial charge is 0.229 e. The molecule has 3 rings (SSSR count). The molecule has 0 N–H and O–H groups in total. The summed E-state index contributed by atoms with van der Waals surface area (Å²) >= 11 is 1.59. The highest BCUT2D eigenvalue weighted by molar-refractivity contribution is 7.09. The fourth-order valence-electron chi connectivity index (χ4n) is 2.77. The van der Waals surface area contributed by atoms with Crippen LogP contribution in [0.15, 0.2) is 17.8 Å². The molecule has 0 aromatic carbocycles. The summed E-state index contributed by atoms with van der Waals surface area (Å²) in [5.74, 6) is 0.168. The van der Waals surface area contributed by atoms with Crippen LogP contribution < -0.4 is 0 Å². The standard InChI is InChI=1S/C14H18N4OS/c1-10-16-12(9-20-10)6-14(19)18-5-3-4-13(18)11-7-15-17(2)8-11/h7-9,13H,3-6H2,1-2H3/t13-/m0/s1. The summed E-state index contributed by atoms with van der Waals surface area (Å²) in [6.45, 7) is 2.80.